The highest BCUT2D eigenvalue weighted by Crippen LogP contribution is 2.35. The van der Waals surface area contributed by atoms with Crippen molar-refractivity contribution >= 4 is 0 Å². The summed E-state index contributed by atoms with van der Waals surface area (Å²) < 4.78 is 76.0. The van der Waals surface area contributed by atoms with Crippen LogP contribution < -0.4 is 4.74 Å². The van der Waals surface area contributed by atoms with Crippen molar-refractivity contribution in [3.8, 4) is 5.88 Å². The highest BCUT2D eigenvalue weighted by molar-refractivity contribution is 5.10. The van der Waals surface area contributed by atoms with Crippen LogP contribution in [0.15, 0.2) is 24.4 Å². The predicted molar refractivity (Wildman–Crippen MR) is 40.8 cm³/mol. The van der Waals surface area contributed by atoms with E-state index in [1.165, 1.54) is 12.1 Å². The van der Waals surface area contributed by atoms with Crippen molar-refractivity contribution in [1.29, 1.82) is 0 Å². The molecule has 8 heteroatoms. The van der Waals surface area contributed by atoms with E-state index in [1.54, 1.807) is 0 Å². The van der Waals surface area contributed by atoms with E-state index in [0.717, 1.165) is 12.3 Å². The summed E-state index contributed by atoms with van der Waals surface area (Å²) in [6.07, 6.45) is -13.9. The molecule has 1 rings (SSSR count). The van der Waals surface area contributed by atoms with Gasteiger partial charge in [-0.2, -0.15) is 26.3 Å². The number of nitrogens with zero attached hydrogens (tertiary/aromatic N) is 1. The van der Waals surface area contributed by atoms with E-state index >= 15 is 0 Å². The number of rotatable bonds is 2. The molecule has 0 N–H and O–H groups in total. The van der Waals surface area contributed by atoms with Crippen molar-refractivity contribution in [2.45, 2.75) is 18.5 Å². The Morgan fingerprint density at radius 2 is 1.56 bits per heavy atom. The molecule has 2 nitrogen and oxygen atoms in total. The first-order chi connectivity index (χ1) is 7.21. The lowest BCUT2D eigenvalue weighted by molar-refractivity contribution is -0.300. The van der Waals surface area contributed by atoms with Crippen LogP contribution in [-0.2, 0) is 0 Å². The minimum atomic E-state index is -5.53. The molecule has 0 amide bonds. The molecule has 1 aromatic heterocycles. The highest BCUT2D eigenvalue weighted by atomic mass is 19.4. The monoisotopic (exact) mass is 245 g/mol. The SMILES string of the molecule is FC(F)(F)C(Oc1ccccn1)C(F)(F)F. The van der Waals surface area contributed by atoms with E-state index in [-0.39, 0.29) is 0 Å². The van der Waals surface area contributed by atoms with Crippen molar-refractivity contribution in [3.05, 3.63) is 24.4 Å². The first-order valence-corrected chi connectivity index (χ1v) is 3.92. The van der Waals surface area contributed by atoms with Crippen LogP contribution >= 0.6 is 0 Å². The molecule has 0 aliphatic carbocycles. The van der Waals surface area contributed by atoms with Gasteiger partial charge in [-0.25, -0.2) is 4.98 Å². The molecule has 0 aliphatic rings. The maximum atomic E-state index is 12.0. The molecule has 0 radical (unpaired) electrons. The molecule has 0 saturated heterocycles. The molecular formula is C8H5F6NO. The molecule has 0 saturated carbocycles. The molecule has 0 bridgehead atoms. The average Bonchev–Trinajstić information content (AvgIpc) is 2.12. The van der Waals surface area contributed by atoms with Gasteiger partial charge in [-0.1, -0.05) is 6.07 Å². The van der Waals surface area contributed by atoms with E-state index in [1.807, 2.05) is 0 Å². The molecule has 1 aromatic rings. The lowest BCUT2D eigenvalue weighted by Gasteiger charge is -2.23. The molecule has 0 fully saturated rings. The van der Waals surface area contributed by atoms with Crippen LogP contribution in [0.5, 0.6) is 5.88 Å². The van der Waals surface area contributed by atoms with Crippen molar-refractivity contribution in [2.75, 3.05) is 0 Å². The number of ether oxygens (including phenoxy) is 1. The third kappa shape index (κ3) is 3.28. The number of hydrogen-bond acceptors (Lipinski definition) is 2. The van der Waals surface area contributed by atoms with Gasteiger partial charge in [0.2, 0.25) is 5.88 Å². The van der Waals surface area contributed by atoms with Crippen LogP contribution in [0.3, 0.4) is 0 Å². The van der Waals surface area contributed by atoms with E-state index in [4.69, 9.17) is 0 Å². The third-order valence-electron chi connectivity index (χ3n) is 1.47. The summed E-state index contributed by atoms with van der Waals surface area (Å²) >= 11 is 0. The van der Waals surface area contributed by atoms with Crippen molar-refractivity contribution < 1.29 is 31.1 Å². The Morgan fingerprint density at radius 1 is 1.00 bits per heavy atom. The molecule has 0 aromatic carbocycles. The normalized spacial score (nSPS) is 12.9. The maximum Gasteiger partial charge on any atom is 0.434 e. The fourth-order valence-corrected chi connectivity index (χ4v) is 0.857. The van der Waals surface area contributed by atoms with Crippen LogP contribution in [0.2, 0.25) is 0 Å². The van der Waals surface area contributed by atoms with Crippen LogP contribution in [0.25, 0.3) is 0 Å². The lowest BCUT2D eigenvalue weighted by Crippen LogP contribution is -2.46. The molecule has 0 spiro atoms. The summed E-state index contributed by atoms with van der Waals surface area (Å²) in [5.41, 5.74) is 0. The van der Waals surface area contributed by atoms with Gasteiger partial charge in [0.25, 0.3) is 6.10 Å². The second-order valence-corrected chi connectivity index (χ2v) is 2.75. The quantitative estimate of drug-likeness (QED) is 0.747. The number of aromatic nitrogens is 1. The van der Waals surface area contributed by atoms with Crippen LogP contribution in [-0.4, -0.2) is 23.4 Å². The minimum absolute atomic E-state index is 0.734. The number of halogens is 6. The zero-order valence-corrected chi connectivity index (χ0v) is 7.51. The maximum absolute atomic E-state index is 12.0. The van der Waals surface area contributed by atoms with Gasteiger partial charge < -0.3 is 4.74 Å². The standard InChI is InChI=1S/C8H5F6NO/c9-7(10,11)6(8(12,13)14)16-5-3-1-2-4-15-5/h1-4,6H. The van der Waals surface area contributed by atoms with E-state index < -0.39 is 24.3 Å². The Hall–Kier alpha value is -1.47. The Balaban J connectivity index is 2.89. The lowest BCUT2D eigenvalue weighted by atomic mass is 10.3. The molecule has 0 unspecified atom stereocenters. The Kier molecular flexibility index (Phi) is 3.30. The summed E-state index contributed by atoms with van der Waals surface area (Å²) in [5, 5.41) is 0. The van der Waals surface area contributed by atoms with Gasteiger partial charge in [-0.3, -0.25) is 0 Å². The second-order valence-electron chi connectivity index (χ2n) is 2.75. The van der Waals surface area contributed by atoms with E-state index in [0.29, 0.717) is 0 Å². The van der Waals surface area contributed by atoms with Crippen LogP contribution in [0.4, 0.5) is 26.3 Å². The first kappa shape index (κ1) is 12.6. The van der Waals surface area contributed by atoms with Gasteiger partial charge in [0.15, 0.2) is 0 Å². The molecule has 0 atom stereocenters. The predicted octanol–water partition coefficient (Wildman–Crippen LogP) is 2.95. The van der Waals surface area contributed by atoms with Gasteiger partial charge in [0.1, 0.15) is 0 Å². The van der Waals surface area contributed by atoms with Gasteiger partial charge in [0.05, 0.1) is 0 Å². The van der Waals surface area contributed by atoms with Crippen molar-refractivity contribution in [1.82, 2.24) is 4.98 Å². The molecular weight excluding hydrogens is 240 g/mol. The number of hydrogen-bond donors (Lipinski definition) is 0. The highest BCUT2D eigenvalue weighted by Gasteiger charge is 2.59. The number of alkyl halides is 6. The van der Waals surface area contributed by atoms with Crippen molar-refractivity contribution in [2.24, 2.45) is 0 Å². The fraction of sp³-hybridized carbons (Fsp3) is 0.375. The second kappa shape index (κ2) is 4.18. The van der Waals surface area contributed by atoms with Gasteiger partial charge in [0, 0.05) is 12.3 Å². The molecule has 1 heterocycles. The third-order valence-corrected chi connectivity index (χ3v) is 1.47. The molecule has 0 aliphatic heterocycles. The van der Waals surface area contributed by atoms with E-state index in [9.17, 15) is 26.3 Å². The van der Waals surface area contributed by atoms with E-state index in [2.05, 4.69) is 9.72 Å². The minimum Gasteiger partial charge on any atom is -0.455 e. The summed E-state index contributed by atoms with van der Waals surface area (Å²) in [7, 11) is 0. The Labute approximate surface area is 85.9 Å². The Bertz CT molecular complexity index is 319. The average molecular weight is 245 g/mol. The van der Waals surface area contributed by atoms with Crippen LogP contribution in [0, 0.1) is 0 Å². The zero-order valence-electron chi connectivity index (χ0n) is 7.51. The summed E-state index contributed by atoms with van der Waals surface area (Å²) in [6.45, 7) is 0. The fourth-order valence-electron chi connectivity index (χ4n) is 0.857. The molecule has 16 heavy (non-hydrogen) atoms. The topological polar surface area (TPSA) is 22.1 Å². The smallest absolute Gasteiger partial charge is 0.434 e. The van der Waals surface area contributed by atoms with Gasteiger partial charge in [-0.15, -0.1) is 0 Å². The molecule has 90 valence electrons. The van der Waals surface area contributed by atoms with Crippen molar-refractivity contribution in [3.63, 3.8) is 0 Å². The zero-order chi connectivity index (χ0) is 12.4. The van der Waals surface area contributed by atoms with Gasteiger partial charge >= 0.3 is 12.4 Å². The summed E-state index contributed by atoms with van der Waals surface area (Å²) in [6, 6.07) is 3.46. The van der Waals surface area contributed by atoms with Gasteiger partial charge in [-0.05, 0) is 6.07 Å². The van der Waals surface area contributed by atoms with Crippen LogP contribution in [0.1, 0.15) is 0 Å². The summed E-state index contributed by atoms with van der Waals surface area (Å²) in [5.74, 6) is -0.734. The summed E-state index contributed by atoms with van der Waals surface area (Å²) in [4.78, 5) is 3.22. The first-order valence-electron chi connectivity index (χ1n) is 3.92. The number of pyridine rings is 1. The Morgan fingerprint density at radius 3 is 1.94 bits per heavy atom. The largest absolute Gasteiger partial charge is 0.455 e.